The fourth-order valence-corrected chi connectivity index (χ4v) is 0.996. The molecule has 0 saturated carbocycles. The normalized spacial score (nSPS) is 19.1. The van der Waals surface area contributed by atoms with Gasteiger partial charge in [-0.1, -0.05) is 6.92 Å². The molecule has 1 rings (SSSR count). The molecule has 4 heteroatoms. The van der Waals surface area contributed by atoms with Gasteiger partial charge in [-0.2, -0.15) is 0 Å². The van der Waals surface area contributed by atoms with Crippen molar-refractivity contribution < 1.29 is 14.3 Å². The molecular weight excluding hydrogens is 158 g/mol. The summed E-state index contributed by atoms with van der Waals surface area (Å²) < 4.78 is 10.1. The second kappa shape index (κ2) is 5.11. The van der Waals surface area contributed by atoms with E-state index >= 15 is 0 Å². The van der Waals surface area contributed by atoms with Gasteiger partial charge in [-0.3, -0.25) is 9.69 Å². The van der Waals surface area contributed by atoms with Gasteiger partial charge in [-0.25, -0.2) is 0 Å². The van der Waals surface area contributed by atoms with Crippen molar-refractivity contribution in [1.82, 2.24) is 4.90 Å². The quantitative estimate of drug-likeness (QED) is 0.573. The van der Waals surface area contributed by atoms with E-state index in [9.17, 15) is 4.79 Å². The highest BCUT2D eigenvalue weighted by Gasteiger charge is 2.11. The Hall–Kier alpha value is -0.610. The van der Waals surface area contributed by atoms with Crippen LogP contribution in [0.1, 0.15) is 13.3 Å². The van der Waals surface area contributed by atoms with Crippen molar-refractivity contribution in [2.75, 3.05) is 33.0 Å². The third-order valence-corrected chi connectivity index (χ3v) is 1.80. The summed E-state index contributed by atoms with van der Waals surface area (Å²) in [6.45, 7) is 5.40. The molecule has 1 aliphatic rings. The van der Waals surface area contributed by atoms with Gasteiger partial charge in [0.2, 0.25) is 0 Å². The van der Waals surface area contributed by atoms with Crippen LogP contribution in [-0.4, -0.2) is 43.9 Å². The molecule has 0 amide bonds. The molecule has 1 saturated heterocycles. The molecule has 70 valence electrons. The van der Waals surface area contributed by atoms with Crippen LogP contribution in [0.4, 0.5) is 0 Å². The van der Waals surface area contributed by atoms with Crippen LogP contribution in [0.15, 0.2) is 0 Å². The maximum Gasteiger partial charge on any atom is 0.306 e. The molecule has 0 spiro atoms. The summed E-state index contributed by atoms with van der Waals surface area (Å²) in [6.07, 6.45) is 0.449. The van der Waals surface area contributed by atoms with E-state index in [1.54, 1.807) is 6.92 Å². The molecule has 0 aliphatic carbocycles. The van der Waals surface area contributed by atoms with Crippen LogP contribution in [-0.2, 0) is 14.3 Å². The Kier molecular flexibility index (Phi) is 4.04. The van der Waals surface area contributed by atoms with E-state index < -0.39 is 0 Å². The van der Waals surface area contributed by atoms with Gasteiger partial charge < -0.3 is 9.47 Å². The Balaban J connectivity index is 2.09. The first-order valence-electron chi connectivity index (χ1n) is 4.28. The SMILES string of the molecule is CCC(=O)OCN1CCOCC1. The summed E-state index contributed by atoms with van der Waals surface area (Å²) in [6, 6.07) is 0. The Bertz CT molecular complexity index is 143. The monoisotopic (exact) mass is 173 g/mol. The van der Waals surface area contributed by atoms with E-state index in [1.807, 2.05) is 0 Å². The number of carbonyl (C=O) groups excluding carboxylic acids is 1. The molecule has 1 heterocycles. The number of rotatable bonds is 3. The summed E-state index contributed by atoms with van der Waals surface area (Å²) >= 11 is 0. The lowest BCUT2D eigenvalue weighted by Gasteiger charge is -2.25. The fraction of sp³-hybridized carbons (Fsp3) is 0.875. The predicted molar refractivity (Wildman–Crippen MR) is 43.6 cm³/mol. The third-order valence-electron chi connectivity index (χ3n) is 1.80. The standard InChI is InChI=1S/C8H15NO3/c1-2-8(10)12-7-9-3-5-11-6-4-9/h2-7H2,1H3. The van der Waals surface area contributed by atoms with Gasteiger partial charge in [0.1, 0.15) is 6.73 Å². The van der Waals surface area contributed by atoms with Crippen molar-refractivity contribution in [2.24, 2.45) is 0 Å². The van der Waals surface area contributed by atoms with Gasteiger partial charge in [-0.15, -0.1) is 0 Å². The van der Waals surface area contributed by atoms with Crippen molar-refractivity contribution in [2.45, 2.75) is 13.3 Å². The Morgan fingerprint density at radius 2 is 2.17 bits per heavy atom. The van der Waals surface area contributed by atoms with E-state index in [4.69, 9.17) is 9.47 Å². The average Bonchev–Trinajstić information content (AvgIpc) is 2.16. The first-order valence-corrected chi connectivity index (χ1v) is 4.28. The number of nitrogens with zero attached hydrogens (tertiary/aromatic N) is 1. The van der Waals surface area contributed by atoms with E-state index in [-0.39, 0.29) is 5.97 Å². The molecule has 0 N–H and O–H groups in total. The fourth-order valence-electron chi connectivity index (χ4n) is 0.996. The van der Waals surface area contributed by atoms with E-state index in [2.05, 4.69) is 4.90 Å². The minimum atomic E-state index is -0.138. The molecule has 4 nitrogen and oxygen atoms in total. The van der Waals surface area contributed by atoms with E-state index in [0.29, 0.717) is 13.2 Å². The number of hydrogen-bond donors (Lipinski definition) is 0. The highest BCUT2D eigenvalue weighted by molar-refractivity contribution is 5.68. The number of morpholine rings is 1. The van der Waals surface area contributed by atoms with E-state index in [1.165, 1.54) is 0 Å². The van der Waals surface area contributed by atoms with Crippen LogP contribution in [0.25, 0.3) is 0 Å². The topological polar surface area (TPSA) is 38.8 Å². The lowest BCUT2D eigenvalue weighted by atomic mass is 10.5. The second-order valence-corrected chi connectivity index (χ2v) is 2.73. The molecule has 0 bridgehead atoms. The third kappa shape index (κ3) is 3.19. The summed E-state index contributed by atoms with van der Waals surface area (Å²) in [5, 5.41) is 0. The van der Waals surface area contributed by atoms with Crippen molar-refractivity contribution in [3.05, 3.63) is 0 Å². The zero-order chi connectivity index (χ0) is 8.81. The van der Waals surface area contributed by atoms with Gasteiger partial charge in [0.05, 0.1) is 13.2 Å². The number of ether oxygens (including phenoxy) is 2. The summed E-state index contributed by atoms with van der Waals surface area (Å²) in [4.78, 5) is 12.8. The average molecular weight is 173 g/mol. The number of hydrogen-bond acceptors (Lipinski definition) is 4. The lowest BCUT2D eigenvalue weighted by Crippen LogP contribution is -2.38. The zero-order valence-corrected chi connectivity index (χ0v) is 7.41. The predicted octanol–water partition coefficient (Wildman–Crippen LogP) is 0.229. The van der Waals surface area contributed by atoms with Gasteiger partial charge in [0.15, 0.2) is 0 Å². The van der Waals surface area contributed by atoms with Crippen LogP contribution in [0, 0.1) is 0 Å². The summed E-state index contributed by atoms with van der Waals surface area (Å²) in [7, 11) is 0. The maximum absolute atomic E-state index is 10.8. The highest BCUT2D eigenvalue weighted by Crippen LogP contribution is 1.97. The Morgan fingerprint density at radius 3 is 2.75 bits per heavy atom. The highest BCUT2D eigenvalue weighted by atomic mass is 16.5. The molecule has 0 unspecified atom stereocenters. The van der Waals surface area contributed by atoms with Gasteiger partial charge in [0.25, 0.3) is 0 Å². The maximum atomic E-state index is 10.8. The smallest absolute Gasteiger partial charge is 0.306 e. The summed E-state index contributed by atoms with van der Waals surface area (Å²) in [5.74, 6) is -0.138. The zero-order valence-electron chi connectivity index (χ0n) is 7.41. The van der Waals surface area contributed by atoms with Gasteiger partial charge in [-0.05, 0) is 0 Å². The molecule has 0 aromatic carbocycles. The number of carbonyl (C=O) groups is 1. The van der Waals surface area contributed by atoms with E-state index in [0.717, 1.165) is 26.3 Å². The van der Waals surface area contributed by atoms with Crippen LogP contribution in [0.5, 0.6) is 0 Å². The van der Waals surface area contributed by atoms with Crippen molar-refractivity contribution in [3.8, 4) is 0 Å². The molecule has 0 atom stereocenters. The molecule has 12 heavy (non-hydrogen) atoms. The molecule has 0 radical (unpaired) electrons. The van der Waals surface area contributed by atoms with Crippen LogP contribution in [0.2, 0.25) is 0 Å². The number of esters is 1. The van der Waals surface area contributed by atoms with Gasteiger partial charge in [0, 0.05) is 19.5 Å². The molecule has 0 aromatic heterocycles. The molecule has 0 aromatic rings. The van der Waals surface area contributed by atoms with Crippen molar-refractivity contribution >= 4 is 5.97 Å². The van der Waals surface area contributed by atoms with Crippen molar-refractivity contribution in [3.63, 3.8) is 0 Å². The largest absolute Gasteiger partial charge is 0.449 e. The molecule has 1 fully saturated rings. The van der Waals surface area contributed by atoms with Gasteiger partial charge >= 0.3 is 5.97 Å². The van der Waals surface area contributed by atoms with Crippen LogP contribution < -0.4 is 0 Å². The van der Waals surface area contributed by atoms with Crippen LogP contribution >= 0.6 is 0 Å². The summed E-state index contributed by atoms with van der Waals surface area (Å²) in [5.41, 5.74) is 0. The molecule has 1 aliphatic heterocycles. The first-order chi connectivity index (χ1) is 5.83. The van der Waals surface area contributed by atoms with Crippen LogP contribution in [0.3, 0.4) is 0 Å². The minimum Gasteiger partial charge on any atom is -0.449 e. The Morgan fingerprint density at radius 1 is 1.50 bits per heavy atom. The molecular formula is C8H15NO3. The van der Waals surface area contributed by atoms with Crippen molar-refractivity contribution in [1.29, 1.82) is 0 Å². The second-order valence-electron chi connectivity index (χ2n) is 2.73. The lowest BCUT2D eigenvalue weighted by molar-refractivity contribution is -0.150. The Labute approximate surface area is 72.4 Å². The first kappa shape index (κ1) is 9.48. The minimum absolute atomic E-state index is 0.138.